The molecule has 0 radical (unpaired) electrons. The monoisotopic (exact) mass is 416 g/mol. The van der Waals surface area contributed by atoms with Crippen LogP contribution in [0.2, 0.25) is 5.02 Å². The number of nitrogens with zero attached hydrogens (tertiary/aromatic N) is 1. The SMILES string of the molecule is O=C(CSCc1cccc(Cl)c1)NCCCC(=O)N1CCc2ccccc2C1. The fourth-order valence-corrected chi connectivity index (χ4v) is 4.29. The average molecular weight is 417 g/mol. The lowest BCUT2D eigenvalue weighted by molar-refractivity contribution is -0.132. The molecule has 2 aromatic carbocycles. The molecule has 2 amide bonds. The minimum absolute atomic E-state index is 0.00590. The summed E-state index contributed by atoms with van der Waals surface area (Å²) in [7, 11) is 0. The molecular formula is C22H25ClN2O2S. The van der Waals surface area contributed by atoms with Crippen molar-refractivity contribution in [3.05, 3.63) is 70.2 Å². The number of amides is 2. The van der Waals surface area contributed by atoms with E-state index >= 15 is 0 Å². The highest BCUT2D eigenvalue weighted by Gasteiger charge is 2.19. The Bertz CT molecular complexity index is 828. The van der Waals surface area contributed by atoms with E-state index in [1.807, 2.05) is 41.3 Å². The number of carbonyl (C=O) groups excluding carboxylic acids is 2. The Labute approximate surface area is 175 Å². The second-order valence-corrected chi connectivity index (χ2v) is 8.33. The average Bonchev–Trinajstić information content (AvgIpc) is 2.71. The van der Waals surface area contributed by atoms with Gasteiger partial charge in [0.15, 0.2) is 0 Å². The van der Waals surface area contributed by atoms with Gasteiger partial charge in [-0.15, -0.1) is 11.8 Å². The summed E-state index contributed by atoms with van der Waals surface area (Å²) >= 11 is 7.52. The Morgan fingerprint density at radius 1 is 1.11 bits per heavy atom. The molecule has 1 N–H and O–H groups in total. The number of rotatable bonds is 8. The normalized spacial score (nSPS) is 13.1. The van der Waals surface area contributed by atoms with E-state index in [0.717, 1.165) is 24.3 Å². The van der Waals surface area contributed by atoms with E-state index in [1.54, 1.807) is 11.8 Å². The van der Waals surface area contributed by atoms with Gasteiger partial charge < -0.3 is 10.2 Å². The number of nitrogens with one attached hydrogen (secondary N) is 1. The summed E-state index contributed by atoms with van der Waals surface area (Å²) < 4.78 is 0. The third-order valence-corrected chi connectivity index (χ3v) is 6.00. The molecule has 2 aromatic rings. The van der Waals surface area contributed by atoms with Crippen molar-refractivity contribution in [1.29, 1.82) is 0 Å². The van der Waals surface area contributed by atoms with Crippen molar-refractivity contribution in [2.45, 2.75) is 31.6 Å². The van der Waals surface area contributed by atoms with Crippen LogP contribution in [0, 0.1) is 0 Å². The topological polar surface area (TPSA) is 49.4 Å². The molecule has 1 aliphatic heterocycles. The van der Waals surface area contributed by atoms with Crippen molar-refractivity contribution < 1.29 is 9.59 Å². The van der Waals surface area contributed by atoms with E-state index < -0.39 is 0 Å². The van der Waals surface area contributed by atoms with E-state index in [0.29, 0.717) is 36.7 Å². The number of thioether (sulfide) groups is 1. The number of fused-ring (bicyclic) bond motifs is 1. The highest BCUT2D eigenvalue weighted by Crippen LogP contribution is 2.19. The predicted molar refractivity (Wildman–Crippen MR) is 115 cm³/mol. The highest BCUT2D eigenvalue weighted by molar-refractivity contribution is 7.99. The molecule has 148 valence electrons. The molecule has 1 aliphatic rings. The van der Waals surface area contributed by atoms with Crippen LogP contribution in [0.25, 0.3) is 0 Å². The summed E-state index contributed by atoms with van der Waals surface area (Å²) in [5, 5.41) is 3.61. The maximum absolute atomic E-state index is 12.4. The molecule has 4 nitrogen and oxygen atoms in total. The third kappa shape index (κ3) is 6.28. The van der Waals surface area contributed by atoms with Crippen LogP contribution in [0.15, 0.2) is 48.5 Å². The number of carbonyl (C=O) groups is 2. The van der Waals surface area contributed by atoms with Gasteiger partial charge >= 0.3 is 0 Å². The summed E-state index contributed by atoms with van der Waals surface area (Å²) in [4.78, 5) is 26.3. The number of hydrogen-bond acceptors (Lipinski definition) is 3. The van der Waals surface area contributed by atoms with Crippen LogP contribution in [0.3, 0.4) is 0 Å². The molecule has 0 saturated carbocycles. The van der Waals surface area contributed by atoms with Crippen LogP contribution >= 0.6 is 23.4 Å². The Morgan fingerprint density at radius 3 is 2.75 bits per heavy atom. The summed E-state index contributed by atoms with van der Waals surface area (Å²) in [5.41, 5.74) is 3.69. The Hall–Kier alpha value is -1.98. The quantitative estimate of drug-likeness (QED) is 0.660. The van der Waals surface area contributed by atoms with Crippen molar-refractivity contribution in [1.82, 2.24) is 10.2 Å². The van der Waals surface area contributed by atoms with Gasteiger partial charge in [0.05, 0.1) is 5.75 Å². The molecule has 6 heteroatoms. The zero-order chi connectivity index (χ0) is 19.8. The van der Waals surface area contributed by atoms with E-state index in [1.165, 1.54) is 11.1 Å². The Kier molecular flexibility index (Phi) is 7.80. The van der Waals surface area contributed by atoms with Gasteiger partial charge in [-0.1, -0.05) is 48.0 Å². The fourth-order valence-electron chi connectivity index (χ4n) is 3.27. The molecule has 0 aliphatic carbocycles. The molecule has 3 rings (SSSR count). The number of benzene rings is 2. The minimum Gasteiger partial charge on any atom is -0.355 e. The first-order valence-electron chi connectivity index (χ1n) is 9.55. The van der Waals surface area contributed by atoms with Crippen LogP contribution < -0.4 is 5.32 Å². The van der Waals surface area contributed by atoms with E-state index in [4.69, 9.17) is 11.6 Å². The van der Waals surface area contributed by atoms with Gasteiger partial charge in [-0.2, -0.15) is 0 Å². The molecule has 0 atom stereocenters. The second-order valence-electron chi connectivity index (χ2n) is 6.91. The van der Waals surface area contributed by atoms with Crippen LogP contribution in [-0.2, 0) is 28.3 Å². The van der Waals surface area contributed by atoms with Crippen molar-refractivity contribution in [3.63, 3.8) is 0 Å². The smallest absolute Gasteiger partial charge is 0.230 e. The van der Waals surface area contributed by atoms with Gasteiger partial charge in [0, 0.05) is 36.8 Å². The van der Waals surface area contributed by atoms with Crippen molar-refractivity contribution in [3.8, 4) is 0 Å². The van der Waals surface area contributed by atoms with Gasteiger partial charge in [0.25, 0.3) is 0 Å². The van der Waals surface area contributed by atoms with Gasteiger partial charge in [0.1, 0.15) is 0 Å². The van der Waals surface area contributed by atoms with E-state index in [2.05, 4.69) is 17.4 Å². The van der Waals surface area contributed by atoms with Crippen LogP contribution in [0.4, 0.5) is 0 Å². The van der Waals surface area contributed by atoms with Gasteiger partial charge in [0.2, 0.25) is 11.8 Å². The standard InChI is InChI=1S/C22H25ClN2O2S/c23-20-8-3-5-17(13-20)15-28-16-21(26)24-11-4-9-22(27)25-12-10-18-6-1-2-7-19(18)14-25/h1-3,5-8,13H,4,9-12,14-16H2,(H,24,26). The van der Waals surface area contributed by atoms with Crippen molar-refractivity contribution in [2.24, 2.45) is 0 Å². The third-order valence-electron chi connectivity index (χ3n) is 4.76. The fraction of sp³-hybridized carbons (Fsp3) is 0.364. The molecule has 28 heavy (non-hydrogen) atoms. The van der Waals surface area contributed by atoms with Gasteiger partial charge in [-0.3, -0.25) is 9.59 Å². The molecule has 0 bridgehead atoms. The second kappa shape index (κ2) is 10.5. The first-order valence-corrected chi connectivity index (χ1v) is 11.1. The predicted octanol–water partition coefficient (Wildman–Crippen LogP) is 4.05. The molecule has 0 unspecified atom stereocenters. The summed E-state index contributed by atoms with van der Waals surface area (Å²) in [6.07, 6.45) is 2.06. The lowest BCUT2D eigenvalue weighted by atomic mass is 9.99. The molecule has 0 saturated heterocycles. The van der Waals surface area contributed by atoms with Crippen molar-refractivity contribution in [2.75, 3.05) is 18.8 Å². The molecule has 1 heterocycles. The zero-order valence-electron chi connectivity index (χ0n) is 15.8. The van der Waals surface area contributed by atoms with Crippen LogP contribution in [0.5, 0.6) is 0 Å². The van der Waals surface area contributed by atoms with E-state index in [9.17, 15) is 9.59 Å². The molecule has 0 aromatic heterocycles. The van der Waals surface area contributed by atoms with Crippen molar-refractivity contribution >= 4 is 35.2 Å². The lowest BCUT2D eigenvalue weighted by Crippen LogP contribution is -2.36. The molecule has 0 spiro atoms. The maximum Gasteiger partial charge on any atom is 0.230 e. The largest absolute Gasteiger partial charge is 0.355 e. The Morgan fingerprint density at radius 2 is 1.93 bits per heavy atom. The Balaban J connectivity index is 1.29. The zero-order valence-corrected chi connectivity index (χ0v) is 17.4. The van der Waals surface area contributed by atoms with Crippen LogP contribution in [0.1, 0.15) is 29.5 Å². The first-order chi connectivity index (χ1) is 13.6. The van der Waals surface area contributed by atoms with Gasteiger partial charge in [-0.05, 0) is 41.7 Å². The molecule has 0 fully saturated rings. The summed E-state index contributed by atoms with van der Waals surface area (Å²) in [5.74, 6) is 1.33. The highest BCUT2D eigenvalue weighted by atomic mass is 35.5. The van der Waals surface area contributed by atoms with Crippen LogP contribution in [-0.4, -0.2) is 35.6 Å². The number of halogens is 1. The lowest BCUT2D eigenvalue weighted by Gasteiger charge is -2.29. The van der Waals surface area contributed by atoms with E-state index in [-0.39, 0.29) is 11.8 Å². The summed E-state index contributed by atoms with van der Waals surface area (Å²) in [6.45, 7) is 2.01. The maximum atomic E-state index is 12.4. The van der Waals surface area contributed by atoms with Gasteiger partial charge in [-0.25, -0.2) is 0 Å². The molecular weight excluding hydrogens is 392 g/mol. The number of hydrogen-bond donors (Lipinski definition) is 1. The minimum atomic E-state index is 0.00590. The first kappa shape index (κ1) is 20.7. The summed E-state index contributed by atoms with van der Waals surface area (Å²) in [6, 6.07) is 16.0.